The van der Waals surface area contributed by atoms with Crippen LogP contribution in [0.1, 0.15) is 65.7 Å². The number of carbonyl (C=O) groups excluding carboxylic acids is 1. The summed E-state index contributed by atoms with van der Waals surface area (Å²) in [6.07, 6.45) is -3.31. The number of amides is 1. The number of benzene rings is 1. The Morgan fingerprint density at radius 2 is 1.86 bits per heavy atom. The minimum atomic E-state index is -4.74. The molecule has 11 heteroatoms. The summed E-state index contributed by atoms with van der Waals surface area (Å²) in [6.45, 7) is 7.00. The van der Waals surface area contributed by atoms with Gasteiger partial charge in [-0.2, -0.15) is 13.2 Å². The summed E-state index contributed by atoms with van der Waals surface area (Å²) < 4.78 is 42.7. The largest absolute Gasteiger partial charge is 0.435 e. The Bertz CT molecular complexity index is 1110. The number of rotatable bonds is 6. The minimum Gasteiger partial charge on any atom is -0.372 e. The molecule has 1 aromatic carbocycles. The molecule has 1 aromatic heterocycles. The van der Waals surface area contributed by atoms with Crippen molar-refractivity contribution in [1.29, 1.82) is 0 Å². The number of hydrogen-bond acceptors (Lipinski definition) is 5. The molecule has 190 valence electrons. The third-order valence-corrected chi connectivity index (χ3v) is 7.83. The van der Waals surface area contributed by atoms with E-state index < -0.39 is 18.2 Å². The Balaban J connectivity index is 1.44. The van der Waals surface area contributed by atoms with Gasteiger partial charge in [0.05, 0.1) is 17.8 Å². The summed E-state index contributed by atoms with van der Waals surface area (Å²) in [5.41, 5.74) is -1.95. The third kappa shape index (κ3) is 5.42. The average Bonchev–Trinajstić information content (AvgIpc) is 3.44. The SMILES string of the molecule is CC(C)CCC(C)NC(=O)c1cc2c(s1)CN(C1=NOC(c3cc(Cl)cc(Cl)c3)(C(F)(F)F)C1)C2. The standard InChI is InChI=1S/C24H26Cl2F3N3O2S/c1-13(2)4-5-14(3)30-22(33)19-6-15-11-32(12-20(15)35-19)21-10-23(34-31-21,24(27,28)29)16-7-17(25)9-18(26)8-16/h6-9,13-14H,4-5,10-12H2,1-3H3,(H,30,33). The zero-order chi connectivity index (χ0) is 25.5. The first-order valence-corrected chi connectivity index (χ1v) is 12.9. The van der Waals surface area contributed by atoms with Crippen LogP contribution in [0.4, 0.5) is 13.2 Å². The summed E-state index contributed by atoms with van der Waals surface area (Å²) in [5.74, 6) is 0.637. The lowest BCUT2D eigenvalue weighted by Gasteiger charge is -2.30. The molecule has 0 spiro atoms. The number of oxime groups is 1. The van der Waals surface area contributed by atoms with E-state index in [0.29, 0.717) is 23.9 Å². The molecule has 3 heterocycles. The van der Waals surface area contributed by atoms with E-state index in [1.165, 1.54) is 29.5 Å². The molecular formula is C24H26Cl2F3N3O2S. The maximum atomic E-state index is 14.2. The first-order chi connectivity index (χ1) is 16.4. The van der Waals surface area contributed by atoms with E-state index in [1.54, 1.807) is 4.90 Å². The molecule has 4 rings (SSSR count). The minimum absolute atomic E-state index is 0.0683. The number of thiophene rings is 1. The Hall–Kier alpha value is -1.97. The Morgan fingerprint density at radius 3 is 2.46 bits per heavy atom. The molecule has 1 amide bonds. The molecule has 0 radical (unpaired) electrons. The number of nitrogens with zero attached hydrogens (tertiary/aromatic N) is 2. The van der Waals surface area contributed by atoms with E-state index in [0.717, 1.165) is 23.3 Å². The molecule has 5 nitrogen and oxygen atoms in total. The van der Waals surface area contributed by atoms with Gasteiger partial charge in [-0.25, -0.2) is 0 Å². The molecular weight excluding hydrogens is 522 g/mol. The lowest BCUT2D eigenvalue weighted by atomic mass is 9.89. The van der Waals surface area contributed by atoms with Crippen LogP contribution in [0.5, 0.6) is 0 Å². The predicted molar refractivity (Wildman–Crippen MR) is 132 cm³/mol. The quantitative estimate of drug-likeness (QED) is 0.419. The van der Waals surface area contributed by atoms with Gasteiger partial charge < -0.3 is 15.1 Å². The van der Waals surface area contributed by atoms with Crippen molar-refractivity contribution >= 4 is 46.3 Å². The molecule has 2 atom stereocenters. The summed E-state index contributed by atoms with van der Waals surface area (Å²) >= 11 is 13.3. The molecule has 0 fully saturated rings. The van der Waals surface area contributed by atoms with Crippen LogP contribution in [-0.4, -0.2) is 28.9 Å². The molecule has 0 bridgehead atoms. The highest BCUT2D eigenvalue weighted by atomic mass is 35.5. The van der Waals surface area contributed by atoms with Gasteiger partial charge in [0.1, 0.15) is 5.84 Å². The smallest absolute Gasteiger partial charge is 0.372 e. The van der Waals surface area contributed by atoms with Crippen LogP contribution in [0.25, 0.3) is 0 Å². The van der Waals surface area contributed by atoms with Crippen molar-refractivity contribution in [3.05, 3.63) is 55.2 Å². The van der Waals surface area contributed by atoms with Gasteiger partial charge in [0.15, 0.2) is 0 Å². The van der Waals surface area contributed by atoms with Crippen LogP contribution < -0.4 is 5.32 Å². The van der Waals surface area contributed by atoms with Gasteiger partial charge in [-0.1, -0.05) is 42.2 Å². The van der Waals surface area contributed by atoms with Crippen molar-refractivity contribution in [1.82, 2.24) is 10.2 Å². The van der Waals surface area contributed by atoms with Crippen molar-refractivity contribution in [2.24, 2.45) is 11.1 Å². The van der Waals surface area contributed by atoms with Crippen LogP contribution >= 0.6 is 34.5 Å². The van der Waals surface area contributed by atoms with Gasteiger partial charge in [-0.05, 0) is 55.5 Å². The second kappa shape index (κ2) is 9.82. The van der Waals surface area contributed by atoms with Crippen molar-refractivity contribution in [3.63, 3.8) is 0 Å². The molecule has 0 saturated carbocycles. The highest BCUT2D eigenvalue weighted by Crippen LogP contribution is 2.50. The highest BCUT2D eigenvalue weighted by Gasteiger charge is 2.63. The number of hydrogen-bond donors (Lipinski definition) is 1. The van der Waals surface area contributed by atoms with E-state index >= 15 is 0 Å². The van der Waals surface area contributed by atoms with Crippen LogP contribution in [0.15, 0.2) is 29.4 Å². The average molecular weight is 548 g/mol. The summed E-state index contributed by atoms with van der Waals surface area (Å²) in [6, 6.07) is 5.65. The lowest BCUT2D eigenvalue weighted by molar-refractivity contribution is -0.275. The number of alkyl halides is 3. The number of fused-ring (bicyclic) bond motifs is 1. The third-order valence-electron chi connectivity index (χ3n) is 6.24. The van der Waals surface area contributed by atoms with Gasteiger partial charge >= 0.3 is 6.18 Å². The van der Waals surface area contributed by atoms with Gasteiger partial charge in [0.2, 0.25) is 0 Å². The molecule has 2 aliphatic rings. The molecule has 2 unspecified atom stereocenters. The van der Waals surface area contributed by atoms with Crippen molar-refractivity contribution < 1.29 is 22.8 Å². The van der Waals surface area contributed by atoms with Crippen LogP contribution in [0.2, 0.25) is 10.0 Å². The summed E-state index contributed by atoms with van der Waals surface area (Å²) in [7, 11) is 0. The van der Waals surface area contributed by atoms with Crippen LogP contribution in [0.3, 0.4) is 0 Å². The fourth-order valence-corrected chi connectivity index (χ4v) is 5.88. The monoisotopic (exact) mass is 547 g/mol. The number of carbonyl (C=O) groups is 1. The van der Waals surface area contributed by atoms with E-state index in [-0.39, 0.29) is 33.4 Å². The summed E-state index contributed by atoms with van der Waals surface area (Å²) in [5, 5.41) is 7.03. The second-order valence-corrected chi connectivity index (χ2v) is 11.5. The van der Waals surface area contributed by atoms with Crippen LogP contribution in [-0.2, 0) is 23.5 Å². The van der Waals surface area contributed by atoms with E-state index in [9.17, 15) is 18.0 Å². The zero-order valence-electron chi connectivity index (χ0n) is 19.5. The van der Waals surface area contributed by atoms with Crippen molar-refractivity contribution in [3.8, 4) is 0 Å². The molecule has 35 heavy (non-hydrogen) atoms. The lowest BCUT2D eigenvalue weighted by Crippen LogP contribution is -2.43. The maximum absolute atomic E-state index is 14.2. The molecule has 2 aromatic rings. The second-order valence-electron chi connectivity index (χ2n) is 9.52. The normalized spacial score (nSPS) is 20.6. The summed E-state index contributed by atoms with van der Waals surface area (Å²) in [4.78, 5) is 21.0. The molecule has 2 aliphatic heterocycles. The Kier molecular flexibility index (Phi) is 7.33. The van der Waals surface area contributed by atoms with Crippen molar-refractivity contribution in [2.75, 3.05) is 0 Å². The van der Waals surface area contributed by atoms with Gasteiger partial charge in [-0.15, -0.1) is 11.3 Å². The molecule has 0 aliphatic carbocycles. The fraction of sp³-hybridized carbons (Fsp3) is 0.500. The van der Waals surface area contributed by atoms with Crippen LogP contribution in [0, 0.1) is 5.92 Å². The van der Waals surface area contributed by atoms with E-state index in [1.807, 2.05) is 13.0 Å². The Labute approximate surface area is 216 Å². The van der Waals surface area contributed by atoms with Crippen molar-refractivity contribution in [2.45, 2.75) is 70.9 Å². The number of amidine groups is 1. The predicted octanol–water partition coefficient (Wildman–Crippen LogP) is 7.12. The van der Waals surface area contributed by atoms with Gasteiger partial charge in [-0.3, -0.25) is 4.79 Å². The number of nitrogens with one attached hydrogen (secondary N) is 1. The number of halogens is 5. The van der Waals surface area contributed by atoms with E-state index in [2.05, 4.69) is 24.3 Å². The van der Waals surface area contributed by atoms with Gasteiger partial charge in [0.25, 0.3) is 11.5 Å². The highest BCUT2D eigenvalue weighted by molar-refractivity contribution is 7.14. The first kappa shape index (κ1) is 26.1. The maximum Gasteiger partial charge on any atom is 0.435 e. The molecule has 1 N–H and O–H groups in total. The first-order valence-electron chi connectivity index (χ1n) is 11.3. The fourth-order valence-electron chi connectivity index (χ4n) is 4.26. The topological polar surface area (TPSA) is 53.9 Å². The van der Waals surface area contributed by atoms with E-state index in [4.69, 9.17) is 28.0 Å². The molecule has 0 saturated heterocycles. The zero-order valence-corrected chi connectivity index (χ0v) is 21.8. The Morgan fingerprint density at radius 1 is 1.17 bits per heavy atom. The van der Waals surface area contributed by atoms with Gasteiger partial charge in [0, 0.05) is 33.1 Å².